The summed E-state index contributed by atoms with van der Waals surface area (Å²) in [4.78, 5) is 8.87. The summed E-state index contributed by atoms with van der Waals surface area (Å²) in [5.74, 6) is 0.853. The van der Waals surface area contributed by atoms with Crippen LogP contribution in [0.4, 0.5) is 0 Å². The maximum atomic E-state index is 5.26. The molecule has 0 saturated heterocycles. The molecule has 2 aromatic heterocycles. The predicted molar refractivity (Wildman–Crippen MR) is 77.5 cm³/mol. The zero-order chi connectivity index (χ0) is 13.7. The molecule has 2 heterocycles. The van der Waals surface area contributed by atoms with Crippen LogP contribution in [0, 0.1) is 6.92 Å². The standard InChI is InChI=1S/C14H19N3OS/c1-4-13(14-15-5-6-19-14)16-9-11-8-12(18-3)7-10(2)17-11/h5-8,13,16H,4,9H2,1-3H3. The molecule has 0 aliphatic rings. The van der Waals surface area contributed by atoms with E-state index in [0.29, 0.717) is 0 Å². The second-order valence-electron chi connectivity index (χ2n) is 4.35. The van der Waals surface area contributed by atoms with E-state index in [9.17, 15) is 0 Å². The molecule has 2 rings (SSSR count). The summed E-state index contributed by atoms with van der Waals surface area (Å²) >= 11 is 1.68. The Kier molecular flexibility index (Phi) is 4.87. The lowest BCUT2D eigenvalue weighted by Crippen LogP contribution is -2.20. The minimum absolute atomic E-state index is 0.285. The number of pyridine rings is 1. The van der Waals surface area contributed by atoms with E-state index in [0.717, 1.165) is 35.1 Å². The fourth-order valence-electron chi connectivity index (χ4n) is 1.95. The number of aromatic nitrogens is 2. The van der Waals surface area contributed by atoms with Crippen LogP contribution in [0.1, 0.15) is 35.8 Å². The van der Waals surface area contributed by atoms with E-state index in [1.54, 1.807) is 18.4 Å². The highest BCUT2D eigenvalue weighted by atomic mass is 32.1. The number of nitrogens with zero attached hydrogens (tertiary/aromatic N) is 2. The number of hydrogen-bond donors (Lipinski definition) is 1. The van der Waals surface area contributed by atoms with Crippen molar-refractivity contribution in [3.63, 3.8) is 0 Å². The Morgan fingerprint density at radius 1 is 1.42 bits per heavy atom. The maximum Gasteiger partial charge on any atom is 0.122 e. The van der Waals surface area contributed by atoms with Crippen molar-refractivity contribution in [2.75, 3.05) is 7.11 Å². The molecule has 4 nitrogen and oxygen atoms in total. The number of aryl methyl sites for hydroxylation is 1. The van der Waals surface area contributed by atoms with E-state index in [1.807, 2.05) is 30.6 Å². The Bertz CT molecular complexity index is 513. The smallest absolute Gasteiger partial charge is 0.122 e. The van der Waals surface area contributed by atoms with E-state index in [2.05, 4.69) is 22.2 Å². The van der Waals surface area contributed by atoms with Gasteiger partial charge in [0.2, 0.25) is 0 Å². The summed E-state index contributed by atoms with van der Waals surface area (Å²) < 4.78 is 5.26. The minimum atomic E-state index is 0.285. The molecule has 5 heteroatoms. The summed E-state index contributed by atoms with van der Waals surface area (Å²) in [7, 11) is 1.68. The van der Waals surface area contributed by atoms with Gasteiger partial charge in [0.1, 0.15) is 10.8 Å². The van der Waals surface area contributed by atoms with Crippen molar-refractivity contribution in [3.05, 3.63) is 40.1 Å². The molecule has 0 radical (unpaired) electrons. The maximum absolute atomic E-state index is 5.26. The average molecular weight is 277 g/mol. The van der Waals surface area contributed by atoms with Crippen LogP contribution in [-0.4, -0.2) is 17.1 Å². The molecule has 0 bridgehead atoms. The van der Waals surface area contributed by atoms with E-state index in [-0.39, 0.29) is 6.04 Å². The number of hydrogen-bond acceptors (Lipinski definition) is 5. The molecule has 1 N–H and O–H groups in total. The van der Waals surface area contributed by atoms with E-state index in [4.69, 9.17) is 4.74 Å². The Labute approximate surface area is 117 Å². The Balaban J connectivity index is 2.03. The van der Waals surface area contributed by atoms with Crippen LogP contribution in [0.25, 0.3) is 0 Å². The normalized spacial score (nSPS) is 12.4. The fraction of sp³-hybridized carbons (Fsp3) is 0.429. The highest BCUT2D eigenvalue weighted by Crippen LogP contribution is 2.20. The van der Waals surface area contributed by atoms with Gasteiger partial charge in [0.15, 0.2) is 0 Å². The summed E-state index contributed by atoms with van der Waals surface area (Å²) in [6, 6.07) is 4.18. The third kappa shape index (κ3) is 3.75. The second-order valence-corrected chi connectivity index (χ2v) is 5.28. The fourth-order valence-corrected chi connectivity index (χ4v) is 2.75. The van der Waals surface area contributed by atoms with Crippen molar-refractivity contribution in [2.24, 2.45) is 0 Å². The van der Waals surface area contributed by atoms with Gasteiger partial charge in [0.25, 0.3) is 0 Å². The topological polar surface area (TPSA) is 47.0 Å². The molecule has 0 aliphatic carbocycles. The van der Waals surface area contributed by atoms with Gasteiger partial charge in [-0.3, -0.25) is 4.98 Å². The largest absolute Gasteiger partial charge is 0.497 e. The van der Waals surface area contributed by atoms with Crippen molar-refractivity contribution >= 4 is 11.3 Å². The molecule has 0 spiro atoms. The summed E-state index contributed by atoms with van der Waals surface area (Å²) in [6.07, 6.45) is 2.86. The van der Waals surface area contributed by atoms with E-state index < -0.39 is 0 Å². The molecular weight excluding hydrogens is 258 g/mol. The molecule has 1 atom stereocenters. The third-order valence-electron chi connectivity index (χ3n) is 2.90. The SMILES string of the molecule is CCC(NCc1cc(OC)cc(C)n1)c1nccs1. The molecule has 0 amide bonds. The van der Waals surface area contributed by atoms with Gasteiger partial charge in [0.05, 0.1) is 18.8 Å². The van der Waals surface area contributed by atoms with Gasteiger partial charge in [-0.2, -0.15) is 0 Å². The van der Waals surface area contributed by atoms with Crippen molar-refractivity contribution in [1.29, 1.82) is 0 Å². The summed E-state index contributed by atoms with van der Waals surface area (Å²) in [5.41, 5.74) is 1.96. The minimum Gasteiger partial charge on any atom is -0.497 e. The lowest BCUT2D eigenvalue weighted by Gasteiger charge is -2.14. The first-order valence-corrected chi connectivity index (χ1v) is 7.25. The van der Waals surface area contributed by atoms with Gasteiger partial charge in [0, 0.05) is 35.9 Å². The third-order valence-corrected chi connectivity index (χ3v) is 3.79. The zero-order valence-corrected chi connectivity index (χ0v) is 12.3. The first-order valence-electron chi connectivity index (χ1n) is 6.37. The van der Waals surface area contributed by atoms with Crippen LogP contribution >= 0.6 is 11.3 Å². The predicted octanol–water partition coefficient (Wildman–Crippen LogP) is 3.10. The molecule has 0 saturated carbocycles. The molecule has 0 fully saturated rings. The van der Waals surface area contributed by atoms with Gasteiger partial charge in [-0.25, -0.2) is 4.98 Å². The Hall–Kier alpha value is -1.46. The molecular formula is C14H19N3OS. The van der Waals surface area contributed by atoms with E-state index in [1.165, 1.54) is 0 Å². The molecule has 1 unspecified atom stereocenters. The summed E-state index contributed by atoms with van der Waals surface area (Å²) in [5, 5.41) is 6.63. The second kappa shape index (κ2) is 6.63. The highest BCUT2D eigenvalue weighted by Gasteiger charge is 2.11. The monoisotopic (exact) mass is 277 g/mol. The quantitative estimate of drug-likeness (QED) is 0.881. The van der Waals surface area contributed by atoms with Crippen LogP contribution in [0.15, 0.2) is 23.7 Å². The lowest BCUT2D eigenvalue weighted by molar-refractivity contribution is 0.412. The Morgan fingerprint density at radius 3 is 2.89 bits per heavy atom. The number of rotatable bonds is 6. The van der Waals surface area contributed by atoms with E-state index >= 15 is 0 Å². The van der Waals surface area contributed by atoms with Crippen LogP contribution < -0.4 is 10.1 Å². The number of thiazole rings is 1. The molecule has 0 aliphatic heterocycles. The molecule has 19 heavy (non-hydrogen) atoms. The van der Waals surface area contributed by atoms with Crippen LogP contribution in [-0.2, 0) is 6.54 Å². The first kappa shape index (κ1) is 14.0. The summed E-state index contributed by atoms with van der Waals surface area (Å²) in [6.45, 7) is 4.85. The van der Waals surface area contributed by atoms with Gasteiger partial charge in [-0.05, 0) is 13.3 Å². The number of nitrogens with one attached hydrogen (secondary N) is 1. The van der Waals surface area contributed by atoms with Crippen LogP contribution in [0.5, 0.6) is 5.75 Å². The van der Waals surface area contributed by atoms with Crippen molar-refractivity contribution in [3.8, 4) is 5.75 Å². The highest BCUT2D eigenvalue weighted by molar-refractivity contribution is 7.09. The lowest BCUT2D eigenvalue weighted by atomic mass is 10.2. The van der Waals surface area contributed by atoms with Gasteiger partial charge in [-0.1, -0.05) is 6.92 Å². The molecule has 102 valence electrons. The van der Waals surface area contributed by atoms with Crippen LogP contribution in [0.2, 0.25) is 0 Å². The Morgan fingerprint density at radius 2 is 2.26 bits per heavy atom. The van der Waals surface area contributed by atoms with Crippen molar-refractivity contribution in [1.82, 2.24) is 15.3 Å². The van der Waals surface area contributed by atoms with Gasteiger partial charge in [-0.15, -0.1) is 11.3 Å². The first-order chi connectivity index (χ1) is 9.22. The number of methoxy groups -OCH3 is 1. The molecule has 0 aromatic carbocycles. The van der Waals surface area contributed by atoms with Crippen molar-refractivity contribution < 1.29 is 4.74 Å². The van der Waals surface area contributed by atoms with Gasteiger partial charge < -0.3 is 10.1 Å². The van der Waals surface area contributed by atoms with Crippen LogP contribution in [0.3, 0.4) is 0 Å². The number of ether oxygens (including phenoxy) is 1. The van der Waals surface area contributed by atoms with Crippen molar-refractivity contribution in [2.45, 2.75) is 32.9 Å². The molecule has 2 aromatic rings. The zero-order valence-electron chi connectivity index (χ0n) is 11.5. The average Bonchev–Trinajstić information content (AvgIpc) is 2.93. The van der Waals surface area contributed by atoms with Gasteiger partial charge >= 0.3 is 0 Å².